The van der Waals surface area contributed by atoms with Crippen LogP contribution in [-0.2, 0) is 0 Å². The Morgan fingerprint density at radius 3 is 1.96 bits per heavy atom. The molecule has 2 aliphatic rings. The van der Waals surface area contributed by atoms with Crippen molar-refractivity contribution in [1.29, 1.82) is 5.26 Å². The van der Waals surface area contributed by atoms with E-state index in [1.807, 2.05) is 0 Å². The molecule has 24 heavy (non-hydrogen) atoms. The molecule has 0 unspecified atom stereocenters. The first kappa shape index (κ1) is 19.5. The maximum atomic E-state index is 12.8. The van der Waals surface area contributed by atoms with Crippen LogP contribution in [0.5, 0.6) is 0 Å². The zero-order valence-corrected chi connectivity index (χ0v) is 15.6. The number of nitriles is 1. The van der Waals surface area contributed by atoms with E-state index >= 15 is 0 Å². The molecular weight excluding hydrogens is 297 g/mol. The van der Waals surface area contributed by atoms with Crippen LogP contribution in [0.25, 0.3) is 0 Å². The molecule has 0 N–H and O–H groups in total. The maximum absolute atomic E-state index is 12.8. The monoisotopic (exact) mass is 333 g/mol. The SMILES string of the molecule is CCCCCC1CCC(C2CCC(CCC=C(F)C#N)CC2)CC1. The van der Waals surface area contributed by atoms with Gasteiger partial charge in [0.25, 0.3) is 0 Å². The van der Waals surface area contributed by atoms with Gasteiger partial charge in [-0.2, -0.15) is 9.65 Å². The highest BCUT2D eigenvalue weighted by Crippen LogP contribution is 2.43. The molecule has 0 bridgehead atoms. The summed E-state index contributed by atoms with van der Waals surface area (Å²) >= 11 is 0. The molecule has 2 heteroatoms. The van der Waals surface area contributed by atoms with E-state index in [9.17, 15) is 4.39 Å². The Hall–Kier alpha value is -0.840. The number of hydrogen-bond acceptors (Lipinski definition) is 1. The summed E-state index contributed by atoms with van der Waals surface area (Å²) in [5.41, 5.74) is 0. The van der Waals surface area contributed by atoms with Gasteiger partial charge in [0.05, 0.1) is 0 Å². The van der Waals surface area contributed by atoms with Gasteiger partial charge in [0, 0.05) is 0 Å². The number of allylic oxidation sites excluding steroid dienone is 2. The number of nitrogens with zero attached hydrogens (tertiary/aromatic N) is 1. The highest BCUT2D eigenvalue weighted by atomic mass is 19.1. The first-order chi connectivity index (χ1) is 11.7. The third kappa shape index (κ3) is 6.58. The van der Waals surface area contributed by atoms with Gasteiger partial charge >= 0.3 is 0 Å². The lowest BCUT2D eigenvalue weighted by atomic mass is 9.68. The van der Waals surface area contributed by atoms with E-state index in [4.69, 9.17) is 5.26 Å². The van der Waals surface area contributed by atoms with Gasteiger partial charge in [-0.1, -0.05) is 58.3 Å². The molecule has 0 aromatic rings. The number of unbranched alkanes of at least 4 members (excludes halogenated alkanes) is 2. The average molecular weight is 334 g/mol. The van der Waals surface area contributed by atoms with Crippen molar-refractivity contribution in [2.45, 2.75) is 96.8 Å². The van der Waals surface area contributed by atoms with Crippen molar-refractivity contribution < 1.29 is 4.39 Å². The third-order valence-electron chi connectivity index (χ3n) is 6.67. The van der Waals surface area contributed by atoms with Crippen LogP contribution in [0, 0.1) is 35.0 Å². The summed E-state index contributed by atoms with van der Waals surface area (Å²) in [6.07, 6.45) is 20.3. The van der Waals surface area contributed by atoms with Gasteiger partial charge in [-0.3, -0.25) is 0 Å². The third-order valence-corrected chi connectivity index (χ3v) is 6.67. The fourth-order valence-corrected chi connectivity index (χ4v) is 5.07. The van der Waals surface area contributed by atoms with Gasteiger partial charge < -0.3 is 0 Å². The summed E-state index contributed by atoms with van der Waals surface area (Å²) in [4.78, 5) is 0. The predicted octanol–water partition coefficient (Wildman–Crippen LogP) is 7.34. The largest absolute Gasteiger partial charge is 0.196 e. The van der Waals surface area contributed by atoms with E-state index in [1.54, 1.807) is 6.07 Å². The van der Waals surface area contributed by atoms with Crippen molar-refractivity contribution in [3.8, 4) is 6.07 Å². The van der Waals surface area contributed by atoms with Gasteiger partial charge in [0.1, 0.15) is 6.07 Å². The molecule has 0 aromatic carbocycles. The Balaban J connectivity index is 1.60. The minimum atomic E-state index is -0.612. The van der Waals surface area contributed by atoms with Crippen molar-refractivity contribution in [1.82, 2.24) is 0 Å². The molecule has 0 heterocycles. The van der Waals surface area contributed by atoms with E-state index in [0.29, 0.717) is 0 Å². The van der Waals surface area contributed by atoms with Crippen molar-refractivity contribution >= 4 is 0 Å². The minimum absolute atomic E-state index is 0.612. The Kier molecular flexibility index (Phi) is 8.86. The summed E-state index contributed by atoms with van der Waals surface area (Å²) in [6, 6.07) is 1.57. The second kappa shape index (κ2) is 10.9. The Morgan fingerprint density at radius 1 is 0.917 bits per heavy atom. The van der Waals surface area contributed by atoms with Crippen LogP contribution in [0.3, 0.4) is 0 Å². The van der Waals surface area contributed by atoms with Gasteiger partial charge in [-0.25, -0.2) is 0 Å². The van der Waals surface area contributed by atoms with E-state index < -0.39 is 5.83 Å². The molecular formula is C22H36FN. The standard InChI is InChI=1S/C22H36FN/c1-2-3-4-6-18-9-13-20(14-10-18)21-15-11-19(12-16-21)7-5-8-22(23)17-24/h8,18-21H,2-7,9-16H2,1H3. The zero-order valence-electron chi connectivity index (χ0n) is 15.6. The first-order valence-corrected chi connectivity index (χ1v) is 10.5. The Bertz CT molecular complexity index is 406. The lowest BCUT2D eigenvalue weighted by molar-refractivity contribution is 0.140. The number of hydrogen-bond donors (Lipinski definition) is 0. The summed E-state index contributed by atoms with van der Waals surface area (Å²) in [6.45, 7) is 2.30. The predicted molar refractivity (Wildman–Crippen MR) is 99.1 cm³/mol. The van der Waals surface area contributed by atoms with Crippen LogP contribution in [0.2, 0.25) is 0 Å². The van der Waals surface area contributed by atoms with Crippen molar-refractivity contribution in [2.24, 2.45) is 23.7 Å². The highest BCUT2D eigenvalue weighted by Gasteiger charge is 2.30. The van der Waals surface area contributed by atoms with Crippen molar-refractivity contribution in [2.75, 3.05) is 0 Å². The van der Waals surface area contributed by atoms with Crippen LogP contribution in [0.4, 0.5) is 4.39 Å². The second-order valence-corrected chi connectivity index (χ2v) is 8.30. The van der Waals surface area contributed by atoms with E-state index in [0.717, 1.165) is 36.5 Å². The quantitative estimate of drug-likeness (QED) is 0.337. The molecule has 0 saturated heterocycles. The van der Waals surface area contributed by atoms with Gasteiger partial charge in [-0.05, 0) is 68.3 Å². The van der Waals surface area contributed by atoms with Crippen LogP contribution in [-0.4, -0.2) is 0 Å². The van der Waals surface area contributed by atoms with Gasteiger partial charge in [-0.15, -0.1) is 0 Å². The van der Waals surface area contributed by atoms with E-state index in [-0.39, 0.29) is 0 Å². The zero-order chi connectivity index (χ0) is 17.2. The molecule has 2 saturated carbocycles. The molecule has 0 aliphatic heterocycles. The average Bonchev–Trinajstić information content (AvgIpc) is 2.63. The fraction of sp³-hybridized carbons (Fsp3) is 0.864. The summed E-state index contributed by atoms with van der Waals surface area (Å²) in [7, 11) is 0. The lowest BCUT2D eigenvalue weighted by Crippen LogP contribution is -2.25. The van der Waals surface area contributed by atoms with Gasteiger partial charge in [0.2, 0.25) is 0 Å². The first-order valence-electron chi connectivity index (χ1n) is 10.5. The smallest absolute Gasteiger partial charge is 0.195 e. The van der Waals surface area contributed by atoms with Crippen LogP contribution in [0.15, 0.2) is 11.9 Å². The molecule has 0 radical (unpaired) electrons. The molecule has 136 valence electrons. The maximum Gasteiger partial charge on any atom is 0.196 e. The fourth-order valence-electron chi connectivity index (χ4n) is 5.07. The molecule has 0 aromatic heterocycles. The van der Waals surface area contributed by atoms with Crippen molar-refractivity contribution in [3.05, 3.63) is 11.9 Å². The lowest BCUT2D eigenvalue weighted by Gasteiger charge is -2.38. The molecule has 2 fully saturated rings. The van der Waals surface area contributed by atoms with Crippen LogP contribution >= 0.6 is 0 Å². The van der Waals surface area contributed by atoms with E-state index in [1.165, 1.54) is 83.1 Å². The summed E-state index contributed by atoms with van der Waals surface area (Å²) in [5, 5.41) is 8.44. The molecule has 0 atom stereocenters. The molecule has 2 aliphatic carbocycles. The number of halogens is 1. The number of rotatable bonds is 8. The van der Waals surface area contributed by atoms with Gasteiger partial charge in [0.15, 0.2) is 5.83 Å². The summed E-state index contributed by atoms with van der Waals surface area (Å²) < 4.78 is 12.8. The van der Waals surface area contributed by atoms with Crippen LogP contribution in [0.1, 0.15) is 96.8 Å². The second-order valence-electron chi connectivity index (χ2n) is 8.30. The Labute approximate surface area is 148 Å². The van der Waals surface area contributed by atoms with Crippen molar-refractivity contribution in [3.63, 3.8) is 0 Å². The Morgan fingerprint density at radius 2 is 1.46 bits per heavy atom. The highest BCUT2D eigenvalue weighted by molar-refractivity contribution is 5.11. The molecule has 0 amide bonds. The summed E-state index contributed by atoms with van der Waals surface area (Å²) in [5.74, 6) is 3.12. The molecule has 1 nitrogen and oxygen atoms in total. The topological polar surface area (TPSA) is 23.8 Å². The van der Waals surface area contributed by atoms with E-state index in [2.05, 4.69) is 6.92 Å². The minimum Gasteiger partial charge on any atom is -0.195 e. The van der Waals surface area contributed by atoms with Crippen LogP contribution < -0.4 is 0 Å². The molecule has 2 rings (SSSR count). The normalized spacial score (nSPS) is 31.6. The molecule has 0 spiro atoms.